The van der Waals surface area contributed by atoms with Gasteiger partial charge in [-0.3, -0.25) is 0 Å². The molecular weight excluding hydrogens is 288 g/mol. The number of ether oxygens (including phenoxy) is 1. The monoisotopic (exact) mass is 310 g/mol. The number of nitrogens with one attached hydrogen (secondary N) is 2. The van der Waals surface area contributed by atoms with Crippen molar-refractivity contribution >= 4 is 12.1 Å². The van der Waals surface area contributed by atoms with Crippen LogP contribution in [0.4, 0.5) is 4.79 Å². The van der Waals surface area contributed by atoms with E-state index in [1.54, 1.807) is 13.3 Å². The highest BCUT2D eigenvalue weighted by atomic mass is 16.5. The Labute approximate surface area is 137 Å². The highest BCUT2D eigenvalue weighted by molar-refractivity contribution is 5.75. The van der Waals surface area contributed by atoms with E-state index in [1.165, 1.54) is 5.56 Å². The zero-order chi connectivity index (χ0) is 16.5. The first-order valence-electron chi connectivity index (χ1n) is 7.58. The second-order valence-corrected chi connectivity index (χ2v) is 5.25. The summed E-state index contributed by atoms with van der Waals surface area (Å²) in [5, 5.41) is 5.53. The maximum Gasteiger partial charge on any atom is 0.318 e. The first-order chi connectivity index (χ1) is 11.2. The summed E-state index contributed by atoms with van der Waals surface area (Å²) in [6, 6.07) is 15.7. The number of hydrogen-bond acceptors (Lipinski definition) is 2. The molecule has 0 aliphatic heterocycles. The minimum atomic E-state index is -0.206. The second-order valence-electron chi connectivity index (χ2n) is 5.25. The van der Waals surface area contributed by atoms with E-state index in [1.807, 2.05) is 55.5 Å². The van der Waals surface area contributed by atoms with Crippen molar-refractivity contribution < 1.29 is 9.53 Å². The molecule has 0 unspecified atom stereocenters. The predicted molar refractivity (Wildman–Crippen MR) is 93.4 cm³/mol. The molecule has 0 aromatic heterocycles. The normalized spacial score (nSPS) is 10.5. The van der Waals surface area contributed by atoms with Crippen LogP contribution in [0.3, 0.4) is 0 Å². The zero-order valence-electron chi connectivity index (χ0n) is 13.5. The van der Waals surface area contributed by atoms with Crippen molar-refractivity contribution in [2.75, 3.05) is 13.7 Å². The van der Waals surface area contributed by atoms with Crippen LogP contribution in [-0.4, -0.2) is 19.7 Å². The first kappa shape index (κ1) is 16.6. The van der Waals surface area contributed by atoms with Gasteiger partial charge in [-0.05, 0) is 42.7 Å². The number of rotatable bonds is 6. The third-order valence-electron chi connectivity index (χ3n) is 3.39. The van der Waals surface area contributed by atoms with E-state index >= 15 is 0 Å². The minimum Gasteiger partial charge on any atom is -0.497 e. The average molecular weight is 310 g/mol. The van der Waals surface area contributed by atoms with Gasteiger partial charge in [-0.25, -0.2) is 4.79 Å². The van der Waals surface area contributed by atoms with Crippen LogP contribution in [0.2, 0.25) is 0 Å². The van der Waals surface area contributed by atoms with Crippen LogP contribution >= 0.6 is 0 Å². The molecule has 4 nitrogen and oxygen atoms in total. The highest BCUT2D eigenvalue weighted by Crippen LogP contribution is 2.11. The fourth-order valence-corrected chi connectivity index (χ4v) is 2.15. The lowest BCUT2D eigenvalue weighted by atomic mass is 10.1. The highest BCUT2D eigenvalue weighted by Gasteiger charge is 1.98. The van der Waals surface area contributed by atoms with Crippen molar-refractivity contribution in [3.8, 4) is 5.75 Å². The third kappa shape index (κ3) is 5.87. The summed E-state index contributed by atoms with van der Waals surface area (Å²) in [7, 11) is 1.64. The van der Waals surface area contributed by atoms with Crippen molar-refractivity contribution in [1.29, 1.82) is 0 Å². The van der Waals surface area contributed by atoms with Gasteiger partial charge in [0.15, 0.2) is 0 Å². The molecule has 0 atom stereocenters. The summed E-state index contributed by atoms with van der Waals surface area (Å²) in [5.74, 6) is 0.834. The van der Waals surface area contributed by atoms with Gasteiger partial charge >= 0.3 is 6.03 Å². The van der Waals surface area contributed by atoms with Gasteiger partial charge in [-0.15, -0.1) is 0 Å². The molecule has 120 valence electrons. The van der Waals surface area contributed by atoms with Gasteiger partial charge in [0.2, 0.25) is 0 Å². The maximum absolute atomic E-state index is 11.7. The molecule has 2 N–H and O–H groups in total. The molecule has 4 heteroatoms. The zero-order valence-corrected chi connectivity index (χ0v) is 13.5. The number of carbonyl (C=O) groups excluding carboxylic acids is 1. The molecule has 2 rings (SSSR count). The summed E-state index contributed by atoms with van der Waals surface area (Å²) >= 11 is 0. The van der Waals surface area contributed by atoms with Crippen LogP contribution in [0.15, 0.2) is 54.7 Å². The van der Waals surface area contributed by atoms with Crippen LogP contribution in [0.5, 0.6) is 5.75 Å². The van der Waals surface area contributed by atoms with Crippen molar-refractivity contribution in [3.63, 3.8) is 0 Å². The SMILES string of the molecule is COc1ccc(CCNC(=O)N/C=C/c2cccc(C)c2)cc1. The van der Waals surface area contributed by atoms with Crippen molar-refractivity contribution in [2.24, 2.45) is 0 Å². The maximum atomic E-state index is 11.7. The number of benzene rings is 2. The average Bonchev–Trinajstić information content (AvgIpc) is 2.55. The van der Waals surface area contributed by atoms with E-state index < -0.39 is 0 Å². The topological polar surface area (TPSA) is 50.4 Å². The molecule has 0 saturated carbocycles. The lowest BCUT2D eigenvalue weighted by Gasteiger charge is -2.06. The van der Waals surface area contributed by atoms with Gasteiger partial charge in [0.1, 0.15) is 5.75 Å². The van der Waals surface area contributed by atoms with E-state index in [0.29, 0.717) is 6.54 Å². The summed E-state index contributed by atoms with van der Waals surface area (Å²) in [6.45, 7) is 2.62. The Morgan fingerprint density at radius 2 is 1.96 bits per heavy atom. The van der Waals surface area contributed by atoms with Crippen LogP contribution < -0.4 is 15.4 Å². The Kier molecular flexibility index (Phi) is 6.24. The Morgan fingerprint density at radius 3 is 2.65 bits per heavy atom. The van der Waals surface area contributed by atoms with Crippen LogP contribution in [0.25, 0.3) is 6.08 Å². The molecule has 0 radical (unpaired) electrons. The molecule has 0 fully saturated rings. The lowest BCUT2D eigenvalue weighted by Crippen LogP contribution is -2.33. The molecule has 23 heavy (non-hydrogen) atoms. The van der Waals surface area contributed by atoms with Gasteiger partial charge < -0.3 is 15.4 Å². The summed E-state index contributed by atoms with van der Waals surface area (Å²) in [4.78, 5) is 11.7. The Bertz CT molecular complexity index is 663. The number of aryl methyl sites for hydroxylation is 1. The fourth-order valence-electron chi connectivity index (χ4n) is 2.15. The van der Waals surface area contributed by atoms with E-state index in [9.17, 15) is 4.79 Å². The van der Waals surface area contributed by atoms with E-state index in [0.717, 1.165) is 23.3 Å². The quantitative estimate of drug-likeness (QED) is 0.858. The predicted octanol–water partition coefficient (Wildman–Crippen LogP) is 3.52. The van der Waals surface area contributed by atoms with E-state index in [-0.39, 0.29) is 6.03 Å². The smallest absolute Gasteiger partial charge is 0.318 e. The van der Waals surface area contributed by atoms with Gasteiger partial charge in [-0.2, -0.15) is 0 Å². The standard InChI is InChI=1S/C19H22N2O2/c1-15-4-3-5-17(14-15)11-13-21-19(22)20-12-10-16-6-8-18(23-2)9-7-16/h3-9,11,13-14H,10,12H2,1-2H3,(H2,20,21,22)/b13-11+. The number of carbonyl (C=O) groups is 1. The first-order valence-corrected chi connectivity index (χ1v) is 7.58. The molecule has 2 aromatic rings. The molecule has 0 aliphatic carbocycles. The largest absolute Gasteiger partial charge is 0.497 e. The molecule has 0 spiro atoms. The van der Waals surface area contributed by atoms with Crippen LogP contribution in [-0.2, 0) is 6.42 Å². The summed E-state index contributed by atoms with van der Waals surface area (Å²) < 4.78 is 5.11. The Balaban J connectivity index is 1.70. The number of hydrogen-bond donors (Lipinski definition) is 2. The molecular formula is C19H22N2O2. The minimum absolute atomic E-state index is 0.206. The number of urea groups is 1. The van der Waals surface area contributed by atoms with Crippen LogP contribution in [0.1, 0.15) is 16.7 Å². The van der Waals surface area contributed by atoms with Gasteiger partial charge in [0.25, 0.3) is 0 Å². The van der Waals surface area contributed by atoms with Gasteiger partial charge in [0, 0.05) is 12.7 Å². The van der Waals surface area contributed by atoms with Crippen LogP contribution in [0, 0.1) is 6.92 Å². The third-order valence-corrected chi connectivity index (χ3v) is 3.39. The molecule has 0 heterocycles. The Hall–Kier alpha value is -2.75. The molecule has 2 aromatic carbocycles. The Morgan fingerprint density at radius 1 is 1.17 bits per heavy atom. The van der Waals surface area contributed by atoms with Gasteiger partial charge in [0.05, 0.1) is 7.11 Å². The van der Waals surface area contributed by atoms with E-state index in [2.05, 4.69) is 16.7 Å². The fraction of sp³-hybridized carbons (Fsp3) is 0.211. The molecule has 0 saturated heterocycles. The van der Waals surface area contributed by atoms with E-state index in [4.69, 9.17) is 4.74 Å². The number of methoxy groups -OCH3 is 1. The lowest BCUT2D eigenvalue weighted by molar-refractivity contribution is 0.244. The van der Waals surface area contributed by atoms with Crippen molar-refractivity contribution in [2.45, 2.75) is 13.3 Å². The summed E-state index contributed by atoms with van der Waals surface area (Å²) in [6.07, 6.45) is 4.30. The number of amides is 2. The molecule has 0 aliphatic rings. The molecule has 0 bridgehead atoms. The van der Waals surface area contributed by atoms with Gasteiger partial charge in [-0.1, -0.05) is 42.0 Å². The second kappa shape index (κ2) is 8.63. The summed E-state index contributed by atoms with van der Waals surface area (Å²) in [5.41, 5.74) is 3.40. The molecule has 2 amide bonds. The van der Waals surface area contributed by atoms with Crippen molar-refractivity contribution in [1.82, 2.24) is 10.6 Å². The van der Waals surface area contributed by atoms with Crippen molar-refractivity contribution in [3.05, 3.63) is 71.4 Å².